The van der Waals surface area contributed by atoms with Gasteiger partial charge in [-0.15, -0.1) is 0 Å². The van der Waals surface area contributed by atoms with Crippen LogP contribution in [0.1, 0.15) is 43.0 Å². The topological polar surface area (TPSA) is 12.0 Å². The number of benzene rings is 2. The molecule has 102 valence electrons. The molecule has 4 rings (SSSR count). The molecule has 0 radical (unpaired) electrons. The summed E-state index contributed by atoms with van der Waals surface area (Å²) in [4.78, 5) is 0. The molecular weight excluding hydrogens is 242 g/mol. The lowest BCUT2D eigenvalue weighted by Gasteiger charge is -2.49. The molecule has 0 aromatic heterocycles. The Hall–Kier alpha value is -1.76. The second kappa shape index (κ2) is 4.12. The number of nitrogens with one attached hydrogen (secondary N) is 1. The molecule has 1 heteroatoms. The summed E-state index contributed by atoms with van der Waals surface area (Å²) in [5, 5.41) is 3.81. The second-order valence-electron chi connectivity index (χ2n) is 6.73. The van der Waals surface area contributed by atoms with Crippen molar-refractivity contribution in [2.24, 2.45) is 5.92 Å². The first-order valence-corrected chi connectivity index (χ1v) is 7.62. The van der Waals surface area contributed by atoms with E-state index in [-0.39, 0.29) is 5.41 Å². The zero-order chi connectivity index (χ0) is 13.7. The third kappa shape index (κ3) is 1.56. The van der Waals surface area contributed by atoms with E-state index in [0.29, 0.717) is 12.0 Å². The molecule has 0 saturated heterocycles. The Morgan fingerprint density at radius 1 is 1.00 bits per heavy atom. The van der Waals surface area contributed by atoms with Gasteiger partial charge in [-0.2, -0.15) is 0 Å². The van der Waals surface area contributed by atoms with Crippen molar-refractivity contribution in [3.05, 3.63) is 65.2 Å². The van der Waals surface area contributed by atoms with Gasteiger partial charge in [-0.3, -0.25) is 0 Å². The maximum atomic E-state index is 3.81. The van der Waals surface area contributed by atoms with E-state index in [4.69, 9.17) is 0 Å². The second-order valence-corrected chi connectivity index (χ2v) is 6.73. The molecule has 0 amide bonds. The Bertz CT molecular complexity index is 656. The van der Waals surface area contributed by atoms with Gasteiger partial charge < -0.3 is 5.32 Å². The van der Waals surface area contributed by atoms with Crippen LogP contribution in [-0.4, -0.2) is 0 Å². The summed E-state index contributed by atoms with van der Waals surface area (Å²) in [6.07, 6.45) is 2.49. The van der Waals surface area contributed by atoms with Crippen LogP contribution in [0.3, 0.4) is 0 Å². The third-order valence-corrected chi connectivity index (χ3v) is 5.38. The van der Waals surface area contributed by atoms with Gasteiger partial charge in [0.15, 0.2) is 0 Å². The Labute approximate surface area is 121 Å². The summed E-state index contributed by atoms with van der Waals surface area (Å²) in [6.45, 7) is 4.83. The van der Waals surface area contributed by atoms with E-state index in [1.54, 1.807) is 0 Å². The predicted octanol–water partition coefficient (Wildman–Crippen LogP) is 4.69. The average Bonchev–Trinajstić information content (AvgIpc) is 2.47. The summed E-state index contributed by atoms with van der Waals surface area (Å²) >= 11 is 0. The molecule has 1 aliphatic heterocycles. The Morgan fingerprint density at radius 3 is 2.65 bits per heavy atom. The minimum Gasteiger partial charge on any atom is -0.378 e. The van der Waals surface area contributed by atoms with Crippen LogP contribution < -0.4 is 5.32 Å². The zero-order valence-electron chi connectivity index (χ0n) is 12.2. The van der Waals surface area contributed by atoms with E-state index in [0.717, 1.165) is 0 Å². The fourth-order valence-electron chi connectivity index (χ4n) is 4.25. The highest BCUT2D eigenvalue weighted by Gasteiger charge is 2.44. The van der Waals surface area contributed by atoms with Gasteiger partial charge in [0.2, 0.25) is 0 Å². The first-order chi connectivity index (χ1) is 9.68. The summed E-state index contributed by atoms with van der Waals surface area (Å²) in [6, 6.07) is 18.2. The molecule has 20 heavy (non-hydrogen) atoms. The molecule has 1 heterocycles. The van der Waals surface area contributed by atoms with Crippen LogP contribution in [-0.2, 0) is 11.8 Å². The predicted molar refractivity (Wildman–Crippen MR) is 84.1 cm³/mol. The first kappa shape index (κ1) is 12.0. The molecule has 1 aliphatic carbocycles. The lowest BCUT2D eigenvalue weighted by Crippen LogP contribution is -2.43. The maximum absolute atomic E-state index is 3.81. The third-order valence-electron chi connectivity index (χ3n) is 5.38. The Balaban J connectivity index is 1.88. The number of anilines is 1. The van der Waals surface area contributed by atoms with Crippen LogP contribution in [0, 0.1) is 5.92 Å². The van der Waals surface area contributed by atoms with Crippen LogP contribution in [0.2, 0.25) is 0 Å². The quantitative estimate of drug-likeness (QED) is 0.727. The minimum atomic E-state index is 0.236. The van der Waals surface area contributed by atoms with Gasteiger partial charge in [0.25, 0.3) is 0 Å². The Kier molecular flexibility index (Phi) is 2.47. The molecule has 2 atom stereocenters. The lowest BCUT2D eigenvalue weighted by molar-refractivity contribution is 0.240. The number of hydrogen-bond donors (Lipinski definition) is 1. The molecular formula is C19H21N. The molecule has 0 fully saturated rings. The van der Waals surface area contributed by atoms with Gasteiger partial charge in [-0.1, -0.05) is 56.3 Å². The number of aryl methyl sites for hydroxylation is 1. The van der Waals surface area contributed by atoms with Gasteiger partial charge in [0.05, 0.1) is 6.04 Å². The highest BCUT2D eigenvalue weighted by atomic mass is 15.0. The van der Waals surface area contributed by atoms with Crippen molar-refractivity contribution >= 4 is 5.69 Å². The van der Waals surface area contributed by atoms with Crippen molar-refractivity contribution < 1.29 is 0 Å². The van der Waals surface area contributed by atoms with Crippen molar-refractivity contribution in [3.63, 3.8) is 0 Å². The van der Waals surface area contributed by atoms with Crippen molar-refractivity contribution in [2.45, 2.75) is 38.1 Å². The fraction of sp³-hybridized carbons (Fsp3) is 0.368. The lowest BCUT2D eigenvalue weighted by atomic mass is 9.61. The van der Waals surface area contributed by atoms with E-state index in [9.17, 15) is 0 Å². The smallest absolute Gasteiger partial charge is 0.0553 e. The van der Waals surface area contributed by atoms with Crippen molar-refractivity contribution in [3.8, 4) is 0 Å². The van der Waals surface area contributed by atoms with E-state index < -0.39 is 0 Å². The maximum Gasteiger partial charge on any atom is 0.0553 e. The molecule has 2 aromatic rings. The molecule has 1 N–H and O–H groups in total. The molecule has 2 aromatic carbocycles. The molecule has 2 aliphatic rings. The number of rotatable bonds is 0. The molecule has 0 spiro atoms. The van der Waals surface area contributed by atoms with Gasteiger partial charge in [0, 0.05) is 5.69 Å². The fourth-order valence-corrected chi connectivity index (χ4v) is 4.25. The van der Waals surface area contributed by atoms with Crippen molar-refractivity contribution in [2.75, 3.05) is 5.32 Å². The Morgan fingerprint density at radius 2 is 1.75 bits per heavy atom. The monoisotopic (exact) mass is 263 g/mol. The van der Waals surface area contributed by atoms with Gasteiger partial charge in [-0.25, -0.2) is 0 Å². The summed E-state index contributed by atoms with van der Waals surface area (Å²) < 4.78 is 0. The SMILES string of the molecule is CC1(C)c2ccccc2N[C@H]2c3ccccc3CC[C@H]21. The standard InChI is InChI=1S/C19H21N/c1-19(2)15-9-5-6-10-17(15)20-18-14-8-4-3-7-13(14)11-12-16(18)19/h3-10,16,18,20H,11-12H2,1-2H3/t16-,18+/m1/s1. The van der Waals surface area contributed by atoms with E-state index in [2.05, 4.69) is 67.7 Å². The first-order valence-electron chi connectivity index (χ1n) is 7.62. The summed E-state index contributed by atoms with van der Waals surface area (Å²) in [5.74, 6) is 0.673. The summed E-state index contributed by atoms with van der Waals surface area (Å²) in [5.41, 5.74) is 6.05. The van der Waals surface area contributed by atoms with Crippen LogP contribution >= 0.6 is 0 Å². The zero-order valence-corrected chi connectivity index (χ0v) is 12.2. The summed E-state index contributed by atoms with van der Waals surface area (Å²) in [7, 11) is 0. The van der Waals surface area contributed by atoms with Gasteiger partial charge in [0.1, 0.15) is 0 Å². The number of hydrogen-bond acceptors (Lipinski definition) is 1. The van der Waals surface area contributed by atoms with E-state index in [1.165, 1.54) is 35.2 Å². The van der Waals surface area contributed by atoms with Crippen LogP contribution in [0.5, 0.6) is 0 Å². The molecule has 0 unspecified atom stereocenters. The van der Waals surface area contributed by atoms with Gasteiger partial charge in [-0.05, 0) is 46.9 Å². The average molecular weight is 263 g/mol. The van der Waals surface area contributed by atoms with Gasteiger partial charge >= 0.3 is 0 Å². The van der Waals surface area contributed by atoms with Crippen LogP contribution in [0.15, 0.2) is 48.5 Å². The highest BCUT2D eigenvalue weighted by molar-refractivity contribution is 5.60. The minimum absolute atomic E-state index is 0.236. The van der Waals surface area contributed by atoms with Crippen molar-refractivity contribution in [1.82, 2.24) is 0 Å². The highest BCUT2D eigenvalue weighted by Crippen LogP contribution is 2.52. The molecule has 1 nitrogen and oxygen atoms in total. The van der Waals surface area contributed by atoms with E-state index in [1.807, 2.05) is 0 Å². The number of para-hydroxylation sites is 1. The normalized spacial score (nSPS) is 25.9. The molecule has 0 bridgehead atoms. The van der Waals surface area contributed by atoms with Crippen molar-refractivity contribution in [1.29, 1.82) is 0 Å². The van der Waals surface area contributed by atoms with E-state index >= 15 is 0 Å². The number of fused-ring (bicyclic) bond motifs is 4. The molecule has 0 saturated carbocycles. The van der Waals surface area contributed by atoms with Crippen LogP contribution in [0.25, 0.3) is 0 Å². The van der Waals surface area contributed by atoms with Crippen LogP contribution in [0.4, 0.5) is 5.69 Å². The largest absolute Gasteiger partial charge is 0.378 e.